The lowest BCUT2D eigenvalue weighted by Gasteiger charge is -2.44. The Kier molecular flexibility index (Phi) is 6.11. The van der Waals surface area contributed by atoms with E-state index in [0.717, 1.165) is 69.4 Å². The summed E-state index contributed by atoms with van der Waals surface area (Å²) in [4.78, 5) is 34.9. The molecule has 5 aliphatic rings. The van der Waals surface area contributed by atoms with E-state index < -0.39 is 0 Å². The van der Waals surface area contributed by atoms with Gasteiger partial charge in [-0.05, 0) is 56.0 Å². The second-order valence-electron chi connectivity index (χ2n) is 10.8. The first kappa shape index (κ1) is 22.7. The zero-order valence-corrected chi connectivity index (χ0v) is 20.6. The minimum atomic E-state index is -0.0981. The van der Waals surface area contributed by atoms with Gasteiger partial charge in [-0.1, -0.05) is 48.9 Å². The number of hydrogen-bond donors (Lipinski definition) is 0. The van der Waals surface area contributed by atoms with Crippen LogP contribution < -0.4 is 0 Å². The number of piperazine rings is 1. The number of fused-ring (bicyclic) bond motifs is 2. The molecule has 184 valence electrons. The number of rotatable bonds is 5. The largest absolute Gasteiger partial charge is 0.339 e. The summed E-state index contributed by atoms with van der Waals surface area (Å²) in [6.07, 6.45) is 14.3. The van der Waals surface area contributed by atoms with E-state index in [2.05, 4.69) is 45.1 Å². The fourth-order valence-electron chi connectivity index (χ4n) is 6.39. The predicted molar refractivity (Wildman–Crippen MR) is 136 cm³/mol. The third-order valence-corrected chi connectivity index (χ3v) is 8.86. The molecule has 3 fully saturated rings. The monoisotopic (exact) mass is 472 g/mol. The zero-order valence-electron chi connectivity index (χ0n) is 20.6. The van der Waals surface area contributed by atoms with Gasteiger partial charge in [0.25, 0.3) is 5.91 Å². The standard InChI is InChI=1S/C29H36N4O2/c34-27-20-25-26(33(27)21-23-6-2-1-3-7-23)10-5-11-29(25)12-14-30(15-13-29)22-28(35)32-18-16-31(17-19-32)24-8-4-9-24/h1-3,5-7,10-11,20,24H,4,8-9,12-19,21-22H2. The van der Waals surface area contributed by atoms with Gasteiger partial charge in [0.15, 0.2) is 0 Å². The molecule has 6 heteroatoms. The summed E-state index contributed by atoms with van der Waals surface area (Å²) in [7, 11) is 0. The molecule has 3 heterocycles. The highest BCUT2D eigenvalue weighted by atomic mass is 16.2. The first-order valence-corrected chi connectivity index (χ1v) is 13.3. The van der Waals surface area contributed by atoms with E-state index >= 15 is 0 Å². The maximum atomic E-state index is 13.0. The molecule has 2 aliphatic carbocycles. The van der Waals surface area contributed by atoms with E-state index in [0.29, 0.717) is 13.1 Å². The van der Waals surface area contributed by atoms with Gasteiger partial charge >= 0.3 is 0 Å². The molecule has 2 amide bonds. The van der Waals surface area contributed by atoms with E-state index in [1.54, 1.807) is 0 Å². The molecule has 1 spiro atoms. The number of hydrogen-bond acceptors (Lipinski definition) is 4. The number of nitrogens with zero attached hydrogens (tertiary/aromatic N) is 4. The van der Waals surface area contributed by atoms with Crippen molar-refractivity contribution in [1.29, 1.82) is 0 Å². The Morgan fingerprint density at radius 2 is 1.71 bits per heavy atom. The number of allylic oxidation sites excluding steroid dienone is 4. The van der Waals surface area contributed by atoms with Crippen LogP contribution in [0.15, 0.2) is 65.9 Å². The molecule has 3 aliphatic heterocycles. The molecular weight excluding hydrogens is 436 g/mol. The number of likely N-dealkylation sites (tertiary alicyclic amines) is 1. The average molecular weight is 473 g/mol. The van der Waals surface area contributed by atoms with Gasteiger partial charge in [0.1, 0.15) is 0 Å². The fraction of sp³-hybridized carbons (Fsp3) is 0.517. The average Bonchev–Trinajstić information content (AvgIpc) is 3.17. The molecule has 2 saturated heterocycles. The quantitative estimate of drug-likeness (QED) is 0.661. The van der Waals surface area contributed by atoms with Crippen LogP contribution in [-0.2, 0) is 16.1 Å². The fourth-order valence-corrected chi connectivity index (χ4v) is 6.39. The molecule has 0 unspecified atom stereocenters. The molecule has 0 bridgehead atoms. The highest BCUT2D eigenvalue weighted by Crippen LogP contribution is 2.48. The molecule has 1 saturated carbocycles. The van der Waals surface area contributed by atoms with E-state index in [9.17, 15) is 9.59 Å². The SMILES string of the molecule is O=C(CN1CCC2(C=CC=C3C2=CC(=O)N3Cc2ccccc2)CC1)N1CCN(C2CCC2)CC1. The maximum Gasteiger partial charge on any atom is 0.251 e. The Morgan fingerprint density at radius 3 is 2.40 bits per heavy atom. The van der Waals surface area contributed by atoms with Crippen LogP contribution in [0.3, 0.4) is 0 Å². The molecule has 0 N–H and O–H groups in total. The maximum absolute atomic E-state index is 13.0. The Hall–Kier alpha value is -2.70. The van der Waals surface area contributed by atoms with E-state index in [1.807, 2.05) is 29.2 Å². The number of amides is 2. The van der Waals surface area contributed by atoms with Crippen molar-refractivity contribution in [2.45, 2.75) is 44.7 Å². The zero-order chi connectivity index (χ0) is 23.8. The predicted octanol–water partition coefficient (Wildman–Crippen LogP) is 3.19. The minimum Gasteiger partial charge on any atom is -0.339 e. The van der Waals surface area contributed by atoms with Crippen molar-refractivity contribution < 1.29 is 9.59 Å². The van der Waals surface area contributed by atoms with Gasteiger partial charge < -0.3 is 9.80 Å². The molecule has 0 atom stereocenters. The Bertz CT molecular complexity index is 1060. The highest BCUT2D eigenvalue weighted by molar-refractivity contribution is 5.95. The van der Waals surface area contributed by atoms with Crippen molar-refractivity contribution >= 4 is 11.8 Å². The van der Waals surface area contributed by atoms with Gasteiger partial charge in [-0.25, -0.2) is 0 Å². The molecule has 1 aromatic rings. The van der Waals surface area contributed by atoms with Gasteiger partial charge in [0.05, 0.1) is 13.1 Å². The molecule has 0 aromatic heterocycles. The first-order valence-electron chi connectivity index (χ1n) is 13.3. The van der Waals surface area contributed by atoms with E-state index in [4.69, 9.17) is 0 Å². The van der Waals surface area contributed by atoms with E-state index in [1.165, 1.54) is 24.8 Å². The van der Waals surface area contributed by atoms with Crippen molar-refractivity contribution in [2.75, 3.05) is 45.8 Å². The highest BCUT2D eigenvalue weighted by Gasteiger charge is 2.44. The van der Waals surface area contributed by atoms with Gasteiger partial charge in [-0.3, -0.25) is 19.4 Å². The van der Waals surface area contributed by atoms with Crippen LogP contribution in [0.1, 0.15) is 37.7 Å². The van der Waals surface area contributed by atoms with Crippen LogP contribution in [0.2, 0.25) is 0 Å². The normalized spacial score (nSPS) is 24.9. The lowest BCUT2D eigenvalue weighted by atomic mass is 9.69. The smallest absolute Gasteiger partial charge is 0.251 e. The summed E-state index contributed by atoms with van der Waals surface area (Å²) in [6.45, 7) is 6.69. The van der Waals surface area contributed by atoms with Gasteiger partial charge in [-0.2, -0.15) is 0 Å². The van der Waals surface area contributed by atoms with Crippen LogP contribution in [0.5, 0.6) is 0 Å². The Balaban J connectivity index is 1.04. The number of piperidine rings is 1. The third kappa shape index (κ3) is 4.38. The van der Waals surface area contributed by atoms with Crippen LogP contribution in [0.4, 0.5) is 0 Å². The van der Waals surface area contributed by atoms with Crippen LogP contribution >= 0.6 is 0 Å². The first-order chi connectivity index (χ1) is 17.1. The molecule has 0 radical (unpaired) electrons. The van der Waals surface area contributed by atoms with Gasteiger partial charge in [-0.15, -0.1) is 0 Å². The number of carbonyl (C=O) groups excluding carboxylic acids is 2. The summed E-state index contributed by atoms with van der Waals surface area (Å²) in [5, 5.41) is 0. The Morgan fingerprint density at radius 1 is 0.971 bits per heavy atom. The number of carbonyl (C=O) groups is 2. The van der Waals surface area contributed by atoms with Crippen molar-refractivity contribution in [2.24, 2.45) is 5.41 Å². The summed E-state index contributed by atoms with van der Waals surface area (Å²) in [5.74, 6) is 0.357. The van der Waals surface area contributed by atoms with Crippen molar-refractivity contribution in [3.8, 4) is 0 Å². The lowest BCUT2D eigenvalue weighted by Crippen LogP contribution is -2.55. The summed E-state index contributed by atoms with van der Waals surface area (Å²) in [6, 6.07) is 11.0. The van der Waals surface area contributed by atoms with Crippen LogP contribution in [-0.4, -0.2) is 83.3 Å². The second-order valence-corrected chi connectivity index (χ2v) is 10.8. The topological polar surface area (TPSA) is 47.1 Å². The van der Waals surface area contributed by atoms with Crippen molar-refractivity contribution in [3.63, 3.8) is 0 Å². The summed E-state index contributed by atoms with van der Waals surface area (Å²) < 4.78 is 0. The lowest BCUT2D eigenvalue weighted by molar-refractivity contribution is -0.135. The number of benzene rings is 1. The van der Waals surface area contributed by atoms with Gasteiger partial charge in [0, 0.05) is 49.4 Å². The van der Waals surface area contributed by atoms with E-state index in [-0.39, 0.29) is 17.2 Å². The summed E-state index contributed by atoms with van der Waals surface area (Å²) >= 11 is 0. The molecule has 1 aromatic carbocycles. The van der Waals surface area contributed by atoms with Crippen molar-refractivity contribution in [3.05, 3.63) is 71.5 Å². The summed E-state index contributed by atoms with van der Waals surface area (Å²) in [5.41, 5.74) is 3.26. The molecular formula is C29H36N4O2. The van der Waals surface area contributed by atoms with Crippen LogP contribution in [0.25, 0.3) is 0 Å². The molecule has 6 nitrogen and oxygen atoms in total. The Labute approximate surface area is 208 Å². The minimum absolute atomic E-state index is 0.0804. The molecule has 6 rings (SSSR count). The second kappa shape index (κ2) is 9.40. The van der Waals surface area contributed by atoms with Gasteiger partial charge in [0.2, 0.25) is 5.91 Å². The molecule has 35 heavy (non-hydrogen) atoms. The van der Waals surface area contributed by atoms with Crippen LogP contribution in [0, 0.1) is 5.41 Å². The third-order valence-electron chi connectivity index (χ3n) is 8.86. The van der Waals surface area contributed by atoms with Crippen molar-refractivity contribution in [1.82, 2.24) is 19.6 Å².